The van der Waals surface area contributed by atoms with E-state index in [1.54, 1.807) is 29.2 Å². The minimum absolute atomic E-state index is 0.0275. The summed E-state index contributed by atoms with van der Waals surface area (Å²) in [7, 11) is -2.25. The molecule has 0 atom stereocenters. The fourth-order valence-electron chi connectivity index (χ4n) is 2.96. The number of amides is 1. The summed E-state index contributed by atoms with van der Waals surface area (Å²) in [5, 5.41) is 0. The number of benzene rings is 2. The Hall–Kier alpha value is -2.29. The largest absolute Gasteiger partial charge is 0.383 e. The van der Waals surface area contributed by atoms with Crippen LogP contribution in [0.4, 0.5) is 4.39 Å². The molecule has 0 fully saturated rings. The fourth-order valence-corrected chi connectivity index (χ4v) is 4.01. The zero-order chi connectivity index (χ0) is 22.0. The van der Waals surface area contributed by atoms with Crippen molar-refractivity contribution in [1.82, 2.24) is 9.62 Å². The van der Waals surface area contributed by atoms with Crippen molar-refractivity contribution >= 4 is 15.9 Å². The van der Waals surface area contributed by atoms with Crippen molar-refractivity contribution in [3.05, 3.63) is 65.5 Å². The maximum Gasteiger partial charge on any atom is 0.254 e. The van der Waals surface area contributed by atoms with E-state index in [9.17, 15) is 17.6 Å². The number of nitrogens with zero attached hydrogens (tertiary/aromatic N) is 1. The summed E-state index contributed by atoms with van der Waals surface area (Å²) in [4.78, 5) is 14.9. The van der Waals surface area contributed by atoms with E-state index in [0.29, 0.717) is 18.7 Å². The molecular formula is C22H29FN2O4S. The lowest BCUT2D eigenvalue weighted by Gasteiger charge is -2.23. The Morgan fingerprint density at radius 2 is 1.87 bits per heavy atom. The Labute approximate surface area is 178 Å². The zero-order valence-corrected chi connectivity index (χ0v) is 18.3. The van der Waals surface area contributed by atoms with Crippen LogP contribution in [0.3, 0.4) is 0 Å². The molecule has 0 aliphatic rings. The number of carbonyl (C=O) groups excluding carboxylic acids is 1. The normalized spacial score (nSPS) is 11.4. The van der Waals surface area contributed by atoms with E-state index < -0.39 is 10.0 Å². The number of ether oxygens (including phenoxy) is 1. The highest BCUT2D eigenvalue weighted by atomic mass is 32.2. The molecule has 0 aliphatic heterocycles. The number of halogens is 1. The minimum Gasteiger partial charge on any atom is -0.383 e. The van der Waals surface area contributed by atoms with Crippen LogP contribution < -0.4 is 4.72 Å². The number of methoxy groups -OCH3 is 1. The van der Waals surface area contributed by atoms with Gasteiger partial charge in [-0.3, -0.25) is 4.79 Å². The molecule has 0 spiro atoms. The number of hydrogen-bond donors (Lipinski definition) is 1. The molecule has 30 heavy (non-hydrogen) atoms. The van der Waals surface area contributed by atoms with Crippen molar-refractivity contribution in [1.29, 1.82) is 0 Å². The van der Waals surface area contributed by atoms with Crippen molar-refractivity contribution in [2.75, 3.05) is 26.8 Å². The first-order valence-corrected chi connectivity index (χ1v) is 11.5. The van der Waals surface area contributed by atoms with Crippen molar-refractivity contribution in [2.24, 2.45) is 0 Å². The van der Waals surface area contributed by atoms with E-state index in [1.165, 1.54) is 31.4 Å². The molecule has 0 saturated heterocycles. The molecule has 2 aromatic rings. The average Bonchev–Trinajstić information content (AvgIpc) is 2.74. The highest BCUT2D eigenvalue weighted by Crippen LogP contribution is 2.16. The molecule has 0 saturated carbocycles. The second kappa shape index (κ2) is 11.8. The van der Waals surface area contributed by atoms with Gasteiger partial charge in [0.1, 0.15) is 5.82 Å². The van der Waals surface area contributed by atoms with Crippen molar-refractivity contribution in [3.8, 4) is 0 Å². The fraction of sp³-hybridized carbons (Fsp3) is 0.409. The third kappa shape index (κ3) is 7.19. The van der Waals surface area contributed by atoms with Gasteiger partial charge in [0, 0.05) is 32.3 Å². The number of hydrogen-bond acceptors (Lipinski definition) is 4. The number of sulfonamides is 1. The van der Waals surface area contributed by atoms with Crippen molar-refractivity contribution in [2.45, 2.75) is 37.6 Å². The maximum atomic E-state index is 13.2. The number of rotatable bonds is 12. The van der Waals surface area contributed by atoms with Gasteiger partial charge in [0.15, 0.2) is 0 Å². The van der Waals surface area contributed by atoms with E-state index >= 15 is 0 Å². The molecule has 164 valence electrons. The molecule has 0 radical (unpaired) electrons. The van der Waals surface area contributed by atoms with E-state index in [1.807, 2.05) is 0 Å². The Balaban J connectivity index is 2.22. The van der Waals surface area contributed by atoms with Gasteiger partial charge in [-0.25, -0.2) is 17.5 Å². The van der Waals surface area contributed by atoms with Crippen LogP contribution in [-0.2, 0) is 21.3 Å². The third-order valence-electron chi connectivity index (χ3n) is 4.60. The Kier molecular flexibility index (Phi) is 9.42. The topological polar surface area (TPSA) is 75.7 Å². The van der Waals surface area contributed by atoms with Gasteiger partial charge in [-0.1, -0.05) is 38.0 Å². The Bertz CT molecular complexity index is 917. The van der Waals surface area contributed by atoms with Gasteiger partial charge in [0.05, 0.1) is 11.5 Å². The van der Waals surface area contributed by atoms with Crippen LogP contribution in [0, 0.1) is 5.82 Å². The van der Waals surface area contributed by atoms with Gasteiger partial charge in [-0.2, -0.15) is 0 Å². The predicted molar refractivity (Wildman–Crippen MR) is 114 cm³/mol. The Morgan fingerprint density at radius 1 is 1.13 bits per heavy atom. The first-order valence-electron chi connectivity index (χ1n) is 9.99. The van der Waals surface area contributed by atoms with E-state index in [0.717, 1.165) is 24.8 Å². The van der Waals surface area contributed by atoms with Crippen LogP contribution in [0.5, 0.6) is 0 Å². The van der Waals surface area contributed by atoms with Crippen LogP contribution in [0.15, 0.2) is 53.4 Å². The second-order valence-corrected chi connectivity index (χ2v) is 8.75. The first-order chi connectivity index (χ1) is 14.4. The van der Waals surface area contributed by atoms with Crippen molar-refractivity contribution in [3.63, 3.8) is 0 Å². The molecule has 0 aliphatic carbocycles. The monoisotopic (exact) mass is 436 g/mol. The minimum atomic E-state index is -3.74. The zero-order valence-electron chi connectivity index (χ0n) is 17.4. The molecule has 1 N–H and O–H groups in total. The number of carbonyl (C=O) groups is 1. The van der Waals surface area contributed by atoms with Gasteiger partial charge in [0.25, 0.3) is 5.91 Å². The molecule has 0 unspecified atom stereocenters. The van der Waals surface area contributed by atoms with Gasteiger partial charge >= 0.3 is 0 Å². The molecule has 6 nitrogen and oxygen atoms in total. The van der Waals surface area contributed by atoms with Crippen LogP contribution in [0.2, 0.25) is 0 Å². The smallest absolute Gasteiger partial charge is 0.254 e. The van der Waals surface area contributed by atoms with Gasteiger partial charge in [-0.05, 0) is 42.3 Å². The van der Waals surface area contributed by atoms with Crippen LogP contribution >= 0.6 is 0 Å². The lowest BCUT2D eigenvalue weighted by atomic mass is 10.1. The summed E-state index contributed by atoms with van der Waals surface area (Å²) in [6, 6.07) is 12.0. The van der Waals surface area contributed by atoms with E-state index in [2.05, 4.69) is 11.6 Å². The van der Waals surface area contributed by atoms with E-state index in [4.69, 9.17) is 4.74 Å². The van der Waals surface area contributed by atoms with Gasteiger partial charge in [-0.15, -0.1) is 0 Å². The lowest BCUT2D eigenvalue weighted by Crippen LogP contribution is -2.32. The SMILES string of the molecule is CCCCCN(Cc1ccc(F)cc1)C(=O)c1cccc(S(=O)(=O)NCCOC)c1. The first kappa shape index (κ1) is 24.0. The summed E-state index contributed by atoms with van der Waals surface area (Å²) in [6.07, 6.45) is 2.82. The summed E-state index contributed by atoms with van der Waals surface area (Å²) in [5.41, 5.74) is 1.11. The van der Waals surface area contributed by atoms with E-state index in [-0.39, 0.29) is 29.8 Å². The van der Waals surface area contributed by atoms with Crippen LogP contribution in [0.1, 0.15) is 42.1 Å². The molecule has 1 amide bonds. The maximum absolute atomic E-state index is 13.2. The second-order valence-electron chi connectivity index (χ2n) is 6.98. The quantitative estimate of drug-likeness (QED) is 0.516. The Morgan fingerprint density at radius 3 is 2.53 bits per heavy atom. The molecule has 2 aromatic carbocycles. The molecule has 8 heteroatoms. The molecule has 0 heterocycles. The molecule has 2 rings (SSSR count). The summed E-state index contributed by atoms with van der Waals surface area (Å²) >= 11 is 0. The average molecular weight is 437 g/mol. The van der Waals surface area contributed by atoms with Crippen molar-refractivity contribution < 1.29 is 22.3 Å². The highest BCUT2D eigenvalue weighted by molar-refractivity contribution is 7.89. The number of nitrogens with one attached hydrogen (secondary N) is 1. The summed E-state index contributed by atoms with van der Waals surface area (Å²) in [5.74, 6) is -0.592. The van der Waals surface area contributed by atoms with Crippen LogP contribution in [0.25, 0.3) is 0 Å². The predicted octanol–water partition coefficient (Wildman–Crippen LogP) is 3.58. The van der Waals surface area contributed by atoms with Gasteiger partial charge < -0.3 is 9.64 Å². The third-order valence-corrected chi connectivity index (χ3v) is 6.05. The van der Waals surface area contributed by atoms with Crippen LogP contribution in [-0.4, -0.2) is 46.0 Å². The summed E-state index contributed by atoms with van der Waals surface area (Å²) < 4.78 is 45.4. The molecule has 0 aromatic heterocycles. The standard InChI is InChI=1S/C22H29FN2O4S/c1-3-4-5-14-25(17-18-9-11-20(23)12-10-18)22(26)19-7-6-8-21(16-19)30(27,28)24-13-15-29-2/h6-12,16,24H,3-5,13-15,17H2,1-2H3. The lowest BCUT2D eigenvalue weighted by molar-refractivity contribution is 0.0740. The van der Waals surface area contributed by atoms with Gasteiger partial charge in [0.2, 0.25) is 10.0 Å². The highest BCUT2D eigenvalue weighted by Gasteiger charge is 2.20. The number of unbranched alkanes of at least 4 members (excludes halogenated alkanes) is 2. The summed E-state index contributed by atoms with van der Waals surface area (Å²) in [6.45, 7) is 3.33. The molecule has 0 bridgehead atoms. The molecular weight excluding hydrogens is 407 g/mol.